The van der Waals surface area contributed by atoms with Crippen molar-refractivity contribution < 1.29 is 14.4 Å². The molecule has 0 aliphatic carbocycles. The molecule has 0 aromatic heterocycles. The summed E-state index contributed by atoms with van der Waals surface area (Å²) in [6.45, 7) is 5.23. The molecule has 0 saturated carbocycles. The van der Waals surface area contributed by atoms with Crippen LogP contribution in [0.2, 0.25) is 0 Å². The Morgan fingerprint density at radius 2 is 2.00 bits per heavy atom. The smallest absolute Gasteiger partial charge is 0.457 e. The van der Waals surface area contributed by atoms with Crippen LogP contribution in [0.25, 0.3) is 0 Å². The zero-order valence-electron chi connectivity index (χ0n) is 15.4. The van der Waals surface area contributed by atoms with Gasteiger partial charge in [0.1, 0.15) is 11.5 Å². The SMILES string of the molecule is CN1CCN(Cc2cc(C#N)ccc2Oc2ccc3c(c2)COB3O)CC1. The highest BCUT2D eigenvalue weighted by molar-refractivity contribution is 6.61. The van der Waals surface area contributed by atoms with Crippen LogP contribution in [-0.2, 0) is 17.8 Å². The van der Waals surface area contributed by atoms with Gasteiger partial charge in [-0.15, -0.1) is 0 Å². The first-order valence-corrected chi connectivity index (χ1v) is 9.16. The minimum Gasteiger partial charge on any atom is -0.457 e. The van der Waals surface area contributed by atoms with Crippen molar-refractivity contribution >= 4 is 12.6 Å². The number of piperazine rings is 1. The van der Waals surface area contributed by atoms with Crippen LogP contribution in [0.15, 0.2) is 36.4 Å². The molecule has 27 heavy (non-hydrogen) atoms. The number of rotatable bonds is 4. The molecule has 0 bridgehead atoms. The molecule has 1 N–H and O–H groups in total. The Kier molecular flexibility index (Phi) is 5.14. The van der Waals surface area contributed by atoms with Gasteiger partial charge in [-0.1, -0.05) is 6.07 Å². The Balaban J connectivity index is 1.56. The number of fused-ring (bicyclic) bond motifs is 1. The molecule has 2 aromatic rings. The summed E-state index contributed by atoms with van der Waals surface area (Å²) < 4.78 is 11.4. The van der Waals surface area contributed by atoms with Crippen LogP contribution in [0.3, 0.4) is 0 Å². The van der Waals surface area contributed by atoms with Crippen molar-refractivity contribution in [2.75, 3.05) is 33.2 Å². The number of nitriles is 1. The fourth-order valence-electron chi connectivity index (χ4n) is 3.52. The molecule has 6 nitrogen and oxygen atoms in total. The van der Waals surface area contributed by atoms with Crippen molar-refractivity contribution in [3.63, 3.8) is 0 Å². The molecule has 4 rings (SSSR count). The molecule has 7 heteroatoms. The van der Waals surface area contributed by atoms with Gasteiger partial charge in [0, 0.05) is 38.3 Å². The van der Waals surface area contributed by atoms with E-state index in [2.05, 4.69) is 22.9 Å². The molecule has 0 amide bonds. The molecule has 2 aliphatic rings. The van der Waals surface area contributed by atoms with Gasteiger partial charge in [-0.2, -0.15) is 5.26 Å². The third kappa shape index (κ3) is 3.99. The van der Waals surface area contributed by atoms with E-state index in [-0.39, 0.29) is 0 Å². The van der Waals surface area contributed by atoms with Crippen molar-refractivity contribution in [3.8, 4) is 17.6 Å². The summed E-state index contributed by atoms with van der Waals surface area (Å²) in [6.07, 6.45) is 0. The van der Waals surface area contributed by atoms with E-state index in [0.29, 0.717) is 17.9 Å². The average Bonchev–Trinajstić information content (AvgIpc) is 3.05. The highest BCUT2D eigenvalue weighted by Gasteiger charge is 2.27. The fraction of sp³-hybridized carbons (Fsp3) is 0.350. The van der Waals surface area contributed by atoms with Crippen LogP contribution in [0.5, 0.6) is 11.5 Å². The molecule has 1 fully saturated rings. The Morgan fingerprint density at radius 3 is 2.78 bits per heavy atom. The van der Waals surface area contributed by atoms with Gasteiger partial charge in [0.25, 0.3) is 0 Å². The second-order valence-electron chi connectivity index (χ2n) is 7.14. The lowest BCUT2D eigenvalue weighted by Gasteiger charge is -2.32. The van der Waals surface area contributed by atoms with Gasteiger partial charge in [0.15, 0.2) is 0 Å². The summed E-state index contributed by atoms with van der Waals surface area (Å²) in [4.78, 5) is 4.71. The maximum atomic E-state index is 9.76. The quantitative estimate of drug-likeness (QED) is 0.827. The Morgan fingerprint density at radius 1 is 1.19 bits per heavy atom. The molecule has 2 aromatic carbocycles. The van der Waals surface area contributed by atoms with Gasteiger partial charge in [0.05, 0.1) is 18.2 Å². The van der Waals surface area contributed by atoms with Crippen molar-refractivity contribution in [2.24, 2.45) is 0 Å². The maximum absolute atomic E-state index is 9.76. The van der Waals surface area contributed by atoms with Crippen molar-refractivity contribution in [2.45, 2.75) is 13.2 Å². The van der Waals surface area contributed by atoms with E-state index in [0.717, 1.165) is 55.1 Å². The molecule has 2 heterocycles. The highest BCUT2D eigenvalue weighted by Crippen LogP contribution is 2.29. The molecule has 0 radical (unpaired) electrons. The number of hydrogen-bond donors (Lipinski definition) is 1. The Labute approximate surface area is 159 Å². The first-order chi connectivity index (χ1) is 13.1. The van der Waals surface area contributed by atoms with Crippen LogP contribution in [0, 0.1) is 11.3 Å². The van der Waals surface area contributed by atoms with Crippen LogP contribution in [-0.4, -0.2) is 55.2 Å². The predicted octanol–water partition coefficient (Wildman–Crippen LogP) is 1.32. The third-order valence-corrected chi connectivity index (χ3v) is 5.18. The van der Waals surface area contributed by atoms with E-state index in [1.54, 1.807) is 6.07 Å². The van der Waals surface area contributed by atoms with Gasteiger partial charge < -0.3 is 19.3 Å². The predicted molar refractivity (Wildman–Crippen MR) is 103 cm³/mol. The van der Waals surface area contributed by atoms with Gasteiger partial charge in [0.2, 0.25) is 0 Å². The highest BCUT2D eigenvalue weighted by atomic mass is 16.5. The van der Waals surface area contributed by atoms with E-state index in [1.165, 1.54) is 0 Å². The maximum Gasteiger partial charge on any atom is 0.491 e. The first kappa shape index (κ1) is 18.0. The third-order valence-electron chi connectivity index (χ3n) is 5.18. The zero-order chi connectivity index (χ0) is 18.8. The largest absolute Gasteiger partial charge is 0.491 e. The lowest BCUT2D eigenvalue weighted by molar-refractivity contribution is 0.147. The molecule has 0 unspecified atom stereocenters. The summed E-state index contributed by atoms with van der Waals surface area (Å²) in [6, 6.07) is 13.4. The lowest BCUT2D eigenvalue weighted by atomic mass is 9.80. The average molecular weight is 363 g/mol. The van der Waals surface area contributed by atoms with Crippen LogP contribution >= 0.6 is 0 Å². The first-order valence-electron chi connectivity index (χ1n) is 9.16. The molecular formula is C20H22BN3O3. The summed E-state index contributed by atoms with van der Waals surface area (Å²) in [7, 11) is 1.29. The lowest BCUT2D eigenvalue weighted by Crippen LogP contribution is -2.43. The van der Waals surface area contributed by atoms with Crippen molar-refractivity contribution in [1.29, 1.82) is 5.26 Å². The molecule has 1 saturated heterocycles. The van der Waals surface area contributed by atoms with E-state index >= 15 is 0 Å². The summed E-state index contributed by atoms with van der Waals surface area (Å²) >= 11 is 0. The normalized spacial score (nSPS) is 17.6. The molecule has 0 spiro atoms. The van der Waals surface area contributed by atoms with Gasteiger partial charge >= 0.3 is 7.12 Å². The molecular weight excluding hydrogens is 341 g/mol. The van der Waals surface area contributed by atoms with E-state index in [1.807, 2.05) is 30.3 Å². The fourth-order valence-corrected chi connectivity index (χ4v) is 3.52. The van der Waals surface area contributed by atoms with Crippen molar-refractivity contribution in [3.05, 3.63) is 53.1 Å². The number of ether oxygens (including phenoxy) is 1. The number of benzene rings is 2. The summed E-state index contributed by atoms with van der Waals surface area (Å²) in [5, 5.41) is 19.0. The number of nitrogens with zero attached hydrogens (tertiary/aromatic N) is 3. The van der Waals surface area contributed by atoms with Crippen LogP contribution < -0.4 is 10.2 Å². The summed E-state index contributed by atoms with van der Waals surface area (Å²) in [5.41, 5.74) is 3.38. The van der Waals surface area contributed by atoms with E-state index in [4.69, 9.17) is 9.39 Å². The number of hydrogen-bond acceptors (Lipinski definition) is 6. The molecule has 138 valence electrons. The van der Waals surface area contributed by atoms with Crippen LogP contribution in [0.1, 0.15) is 16.7 Å². The molecule has 2 aliphatic heterocycles. The standard InChI is InChI=1S/C20H22BN3O3/c1-23-6-8-24(9-7-23)13-16-10-15(12-22)2-5-20(16)27-18-3-4-19-17(11-18)14-26-21(19)25/h2-5,10-11,25H,6-9,13-14H2,1H3. The minimum absolute atomic E-state index is 0.384. The van der Waals surface area contributed by atoms with E-state index in [9.17, 15) is 10.3 Å². The van der Waals surface area contributed by atoms with E-state index < -0.39 is 7.12 Å². The Bertz CT molecular complexity index is 875. The second-order valence-corrected chi connectivity index (χ2v) is 7.14. The van der Waals surface area contributed by atoms with Crippen molar-refractivity contribution in [1.82, 2.24) is 9.80 Å². The zero-order valence-corrected chi connectivity index (χ0v) is 15.4. The van der Waals surface area contributed by atoms with Gasteiger partial charge in [-0.25, -0.2) is 0 Å². The Hall–Kier alpha value is -2.37. The van der Waals surface area contributed by atoms with Crippen LogP contribution in [0.4, 0.5) is 0 Å². The second kappa shape index (κ2) is 7.71. The monoisotopic (exact) mass is 363 g/mol. The number of likely N-dealkylation sites (N-methyl/N-ethyl adjacent to an activating group) is 1. The van der Waals surface area contributed by atoms with Gasteiger partial charge in [-0.05, 0) is 48.4 Å². The van der Waals surface area contributed by atoms with Gasteiger partial charge in [-0.3, -0.25) is 4.90 Å². The minimum atomic E-state index is -0.850. The summed E-state index contributed by atoms with van der Waals surface area (Å²) in [5.74, 6) is 1.46. The topological polar surface area (TPSA) is 69.0 Å². The molecule has 0 atom stereocenters.